The van der Waals surface area contributed by atoms with Gasteiger partial charge in [0.25, 0.3) is 0 Å². The highest BCUT2D eigenvalue weighted by Crippen LogP contribution is 2.13. The van der Waals surface area contributed by atoms with E-state index in [0.717, 1.165) is 16.3 Å². The second-order valence-corrected chi connectivity index (χ2v) is 3.47. The minimum Gasteiger partial charge on any atom is -0.489 e. The lowest BCUT2D eigenvalue weighted by molar-refractivity contribution is 0.306. The minimum absolute atomic E-state index is 0.523. The molecule has 1 aromatic carbocycles. The lowest BCUT2D eigenvalue weighted by Gasteiger charge is -2.05. The summed E-state index contributed by atoms with van der Waals surface area (Å²) in [6, 6.07) is 11.1. The molecule has 3 heteroatoms. The van der Waals surface area contributed by atoms with Crippen LogP contribution in [0.5, 0.6) is 5.75 Å². The van der Waals surface area contributed by atoms with E-state index < -0.39 is 0 Å². The van der Waals surface area contributed by atoms with Crippen molar-refractivity contribution >= 4 is 11.6 Å². The molecule has 2 nitrogen and oxygen atoms in total. The predicted molar refractivity (Wildman–Crippen MR) is 58.9 cm³/mol. The molecule has 2 aromatic rings. The molecule has 1 aromatic heterocycles. The van der Waals surface area contributed by atoms with E-state index in [1.165, 1.54) is 0 Å². The fourth-order valence-electron chi connectivity index (χ4n) is 1.14. The van der Waals surface area contributed by atoms with Crippen molar-refractivity contribution in [2.24, 2.45) is 0 Å². The first-order valence-corrected chi connectivity index (χ1v) is 4.92. The summed E-state index contributed by atoms with van der Waals surface area (Å²) in [7, 11) is 0. The molecule has 0 saturated carbocycles. The highest BCUT2D eigenvalue weighted by molar-refractivity contribution is 6.30. The van der Waals surface area contributed by atoms with Gasteiger partial charge in [0, 0.05) is 17.3 Å². The number of ether oxygens (including phenoxy) is 1. The summed E-state index contributed by atoms with van der Waals surface area (Å²) in [5.74, 6) is 0.764. The largest absolute Gasteiger partial charge is 0.489 e. The van der Waals surface area contributed by atoms with Gasteiger partial charge in [0.1, 0.15) is 12.4 Å². The van der Waals surface area contributed by atoms with Crippen molar-refractivity contribution in [3.8, 4) is 5.75 Å². The van der Waals surface area contributed by atoms with Crippen LogP contribution in [0.2, 0.25) is 5.02 Å². The van der Waals surface area contributed by atoms with E-state index in [1.807, 2.05) is 24.3 Å². The number of rotatable bonds is 3. The molecule has 0 saturated heterocycles. The standard InChI is InChI=1S/C12H9ClNO/c13-11-3-1-10(2-4-11)9-15-12-5-7-14-8-6-12/h1-7H,9H2. The van der Waals surface area contributed by atoms with Crippen LogP contribution in [0.3, 0.4) is 0 Å². The molecule has 0 aliphatic rings. The second kappa shape index (κ2) is 4.80. The normalized spacial score (nSPS) is 9.93. The topological polar surface area (TPSA) is 22.1 Å². The number of benzene rings is 1. The number of aromatic nitrogens is 1. The summed E-state index contributed by atoms with van der Waals surface area (Å²) >= 11 is 5.77. The summed E-state index contributed by atoms with van der Waals surface area (Å²) in [5, 5.41) is 0.732. The summed E-state index contributed by atoms with van der Waals surface area (Å²) in [5.41, 5.74) is 1.08. The van der Waals surface area contributed by atoms with Crippen molar-refractivity contribution in [1.82, 2.24) is 4.98 Å². The molecule has 0 aliphatic heterocycles. The molecule has 15 heavy (non-hydrogen) atoms. The highest BCUT2D eigenvalue weighted by Gasteiger charge is 1.95. The Morgan fingerprint density at radius 1 is 1.20 bits per heavy atom. The van der Waals surface area contributed by atoms with Crippen LogP contribution in [-0.2, 0) is 6.61 Å². The average molecular weight is 219 g/mol. The van der Waals surface area contributed by atoms with E-state index in [2.05, 4.69) is 11.2 Å². The zero-order chi connectivity index (χ0) is 10.5. The van der Waals surface area contributed by atoms with Crippen molar-refractivity contribution < 1.29 is 4.74 Å². The number of hydrogen-bond acceptors (Lipinski definition) is 2. The lowest BCUT2D eigenvalue weighted by Crippen LogP contribution is -1.94. The van der Waals surface area contributed by atoms with E-state index in [0.29, 0.717) is 6.61 Å². The first-order valence-electron chi connectivity index (χ1n) is 4.54. The van der Waals surface area contributed by atoms with Crippen LogP contribution in [0.15, 0.2) is 42.6 Å². The quantitative estimate of drug-likeness (QED) is 0.790. The smallest absolute Gasteiger partial charge is 0.123 e. The number of nitrogens with zero attached hydrogens (tertiary/aromatic N) is 1. The fraction of sp³-hybridized carbons (Fsp3) is 0.0833. The number of hydrogen-bond donors (Lipinski definition) is 0. The predicted octanol–water partition coefficient (Wildman–Crippen LogP) is 3.11. The van der Waals surface area contributed by atoms with Crippen molar-refractivity contribution in [1.29, 1.82) is 0 Å². The molecular formula is C12H9ClNO. The molecule has 0 spiro atoms. The maximum absolute atomic E-state index is 5.77. The Balaban J connectivity index is 1.96. The van der Waals surface area contributed by atoms with Crippen LogP contribution in [0.25, 0.3) is 0 Å². The fourth-order valence-corrected chi connectivity index (χ4v) is 1.27. The first-order chi connectivity index (χ1) is 7.34. The molecule has 0 fully saturated rings. The third-order valence-electron chi connectivity index (χ3n) is 1.91. The van der Waals surface area contributed by atoms with Crippen LogP contribution < -0.4 is 4.74 Å². The Bertz CT molecular complexity index is 413. The molecular weight excluding hydrogens is 210 g/mol. The summed E-state index contributed by atoms with van der Waals surface area (Å²) in [6.07, 6.45) is 4.36. The zero-order valence-corrected chi connectivity index (χ0v) is 8.74. The molecule has 0 bridgehead atoms. The number of pyridine rings is 1. The average Bonchev–Trinajstić information content (AvgIpc) is 2.30. The van der Waals surface area contributed by atoms with Gasteiger partial charge in [-0.2, -0.15) is 0 Å². The first kappa shape index (κ1) is 9.99. The van der Waals surface area contributed by atoms with Gasteiger partial charge in [-0.3, -0.25) is 4.98 Å². The SMILES string of the molecule is Clc1ccc(COc2c[c]ncc2)cc1. The second-order valence-electron chi connectivity index (χ2n) is 3.04. The van der Waals surface area contributed by atoms with Crippen molar-refractivity contribution in [2.45, 2.75) is 6.61 Å². The Hall–Kier alpha value is -1.54. The van der Waals surface area contributed by atoms with Gasteiger partial charge in [0.2, 0.25) is 0 Å². The van der Waals surface area contributed by atoms with Gasteiger partial charge < -0.3 is 4.74 Å². The molecule has 0 aliphatic carbocycles. The van der Waals surface area contributed by atoms with Crippen LogP contribution in [0.1, 0.15) is 5.56 Å². The van der Waals surface area contributed by atoms with E-state index >= 15 is 0 Å². The summed E-state index contributed by atoms with van der Waals surface area (Å²) in [4.78, 5) is 3.79. The maximum Gasteiger partial charge on any atom is 0.123 e. The molecule has 0 N–H and O–H groups in total. The molecule has 0 unspecified atom stereocenters. The van der Waals surface area contributed by atoms with E-state index in [9.17, 15) is 0 Å². The van der Waals surface area contributed by atoms with Crippen molar-refractivity contribution in [3.63, 3.8) is 0 Å². The molecule has 75 valence electrons. The molecule has 1 heterocycles. The Morgan fingerprint density at radius 3 is 2.67 bits per heavy atom. The summed E-state index contributed by atoms with van der Waals surface area (Å²) < 4.78 is 5.52. The van der Waals surface area contributed by atoms with E-state index in [1.54, 1.807) is 18.3 Å². The van der Waals surface area contributed by atoms with Gasteiger partial charge in [-0.25, -0.2) is 0 Å². The molecule has 0 amide bonds. The van der Waals surface area contributed by atoms with Gasteiger partial charge in [0.05, 0.1) is 6.20 Å². The molecule has 0 atom stereocenters. The monoisotopic (exact) mass is 218 g/mol. The van der Waals surface area contributed by atoms with Crippen molar-refractivity contribution in [2.75, 3.05) is 0 Å². The summed E-state index contributed by atoms with van der Waals surface area (Å²) in [6.45, 7) is 0.523. The van der Waals surface area contributed by atoms with Crippen molar-refractivity contribution in [3.05, 3.63) is 59.4 Å². The van der Waals surface area contributed by atoms with Gasteiger partial charge in [-0.1, -0.05) is 23.7 Å². The molecule has 2 rings (SSSR count). The third-order valence-corrected chi connectivity index (χ3v) is 2.17. The van der Waals surface area contributed by atoms with Crippen LogP contribution in [0, 0.1) is 6.20 Å². The maximum atomic E-state index is 5.77. The van der Waals surface area contributed by atoms with Crippen LogP contribution in [0.4, 0.5) is 0 Å². The Morgan fingerprint density at radius 2 is 2.00 bits per heavy atom. The van der Waals surface area contributed by atoms with E-state index in [4.69, 9.17) is 16.3 Å². The minimum atomic E-state index is 0.523. The van der Waals surface area contributed by atoms with Crippen LogP contribution in [-0.4, -0.2) is 4.98 Å². The van der Waals surface area contributed by atoms with Gasteiger partial charge in [-0.15, -0.1) is 0 Å². The van der Waals surface area contributed by atoms with Crippen LogP contribution >= 0.6 is 11.6 Å². The van der Waals surface area contributed by atoms with Gasteiger partial charge in [-0.05, 0) is 23.8 Å². The third kappa shape index (κ3) is 2.96. The van der Waals surface area contributed by atoms with Gasteiger partial charge >= 0.3 is 0 Å². The lowest BCUT2D eigenvalue weighted by atomic mass is 10.2. The van der Waals surface area contributed by atoms with E-state index in [-0.39, 0.29) is 0 Å². The Kier molecular flexibility index (Phi) is 3.20. The zero-order valence-electron chi connectivity index (χ0n) is 7.98. The molecule has 1 radical (unpaired) electrons. The number of halogens is 1. The Labute approximate surface area is 93.5 Å². The van der Waals surface area contributed by atoms with Gasteiger partial charge in [0.15, 0.2) is 0 Å². The highest BCUT2D eigenvalue weighted by atomic mass is 35.5.